The van der Waals surface area contributed by atoms with Gasteiger partial charge >= 0.3 is 5.69 Å². The van der Waals surface area contributed by atoms with Crippen LogP contribution in [0.15, 0.2) is 18.2 Å². The molecule has 1 saturated heterocycles. The Kier molecular flexibility index (Phi) is 4.34. The average Bonchev–Trinajstić information content (AvgIpc) is 2.86. The summed E-state index contributed by atoms with van der Waals surface area (Å²) in [4.78, 5) is 12.9. The van der Waals surface area contributed by atoms with Gasteiger partial charge in [-0.15, -0.1) is 0 Å². The number of nitro benzene ring substituents is 1. The number of benzene rings is 1. The molecule has 1 unspecified atom stereocenters. The van der Waals surface area contributed by atoms with Gasteiger partial charge in [0.25, 0.3) is 0 Å². The third kappa shape index (κ3) is 3.21. The van der Waals surface area contributed by atoms with Gasteiger partial charge in [-0.2, -0.15) is 0 Å². The van der Waals surface area contributed by atoms with Crippen molar-refractivity contribution >= 4 is 5.69 Å². The van der Waals surface area contributed by atoms with Crippen molar-refractivity contribution in [1.29, 1.82) is 0 Å². The molecule has 6 heteroatoms. The summed E-state index contributed by atoms with van der Waals surface area (Å²) in [5.74, 6) is 0.309. The number of methoxy groups -OCH3 is 1. The maximum Gasteiger partial charge on any atom is 0.311 e. The number of nitrogens with zero attached hydrogens (tertiary/aromatic N) is 2. The van der Waals surface area contributed by atoms with Gasteiger partial charge in [-0.05, 0) is 25.1 Å². The predicted molar refractivity (Wildman–Crippen MR) is 72.4 cm³/mol. The molecule has 0 radical (unpaired) electrons. The lowest BCUT2D eigenvalue weighted by molar-refractivity contribution is -0.385. The summed E-state index contributed by atoms with van der Waals surface area (Å²) in [5, 5.41) is 14.2. The van der Waals surface area contributed by atoms with E-state index in [1.165, 1.54) is 7.11 Å². The normalized spacial score (nSPS) is 19.6. The van der Waals surface area contributed by atoms with Gasteiger partial charge in [-0.3, -0.25) is 15.0 Å². The van der Waals surface area contributed by atoms with Crippen LogP contribution in [0.2, 0.25) is 0 Å². The highest BCUT2D eigenvalue weighted by atomic mass is 16.6. The molecule has 1 aromatic rings. The van der Waals surface area contributed by atoms with Crippen LogP contribution in [-0.2, 0) is 6.54 Å². The van der Waals surface area contributed by atoms with Gasteiger partial charge in [0, 0.05) is 31.7 Å². The second-order valence-electron chi connectivity index (χ2n) is 4.77. The first kappa shape index (κ1) is 13.8. The van der Waals surface area contributed by atoms with Gasteiger partial charge in [0.1, 0.15) is 0 Å². The number of nitrogens with one attached hydrogen (secondary N) is 1. The van der Waals surface area contributed by atoms with E-state index in [0.29, 0.717) is 11.8 Å². The second kappa shape index (κ2) is 5.99. The van der Waals surface area contributed by atoms with E-state index < -0.39 is 4.92 Å². The summed E-state index contributed by atoms with van der Waals surface area (Å²) in [6.07, 6.45) is 1.12. The maximum atomic E-state index is 11.0. The molecule has 1 aromatic carbocycles. The van der Waals surface area contributed by atoms with E-state index in [0.717, 1.165) is 31.6 Å². The van der Waals surface area contributed by atoms with Crippen LogP contribution in [0.4, 0.5) is 5.69 Å². The Balaban J connectivity index is 2.09. The van der Waals surface area contributed by atoms with Crippen LogP contribution in [0.25, 0.3) is 0 Å². The van der Waals surface area contributed by atoms with Crippen LogP contribution >= 0.6 is 0 Å². The number of hydrogen-bond donors (Lipinski definition) is 1. The minimum Gasteiger partial charge on any atom is -0.490 e. The Labute approximate surface area is 112 Å². The Morgan fingerprint density at radius 3 is 2.95 bits per heavy atom. The van der Waals surface area contributed by atoms with Crippen molar-refractivity contribution in [3.63, 3.8) is 0 Å². The van der Waals surface area contributed by atoms with E-state index in [2.05, 4.69) is 10.2 Å². The lowest BCUT2D eigenvalue weighted by Crippen LogP contribution is -2.29. The third-order valence-electron chi connectivity index (χ3n) is 3.53. The molecule has 0 saturated carbocycles. The lowest BCUT2D eigenvalue weighted by Gasteiger charge is -2.16. The quantitative estimate of drug-likeness (QED) is 0.644. The summed E-state index contributed by atoms with van der Waals surface area (Å²) < 4.78 is 5.00. The Morgan fingerprint density at radius 1 is 1.58 bits per heavy atom. The molecule has 0 aliphatic carbocycles. The molecule has 19 heavy (non-hydrogen) atoms. The number of nitro groups is 1. The number of likely N-dealkylation sites (tertiary alicyclic amines) is 1. The fourth-order valence-corrected chi connectivity index (χ4v) is 2.45. The number of hydrogen-bond acceptors (Lipinski definition) is 5. The SMILES string of the molecule is CNC1CCN(Cc2ccc(OC)c([N+](=O)[O-])c2)C1. The summed E-state index contributed by atoms with van der Waals surface area (Å²) in [7, 11) is 3.41. The smallest absolute Gasteiger partial charge is 0.311 e. The summed E-state index contributed by atoms with van der Waals surface area (Å²) in [6.45, 7) is 2.74. The standard InChI is InChI=1S/C13H19N3O3/c1-14-11-5-6-15(9-11)8-10-3-4-13(19-2)12(7-10)16(17)18/h3-4,7,11,14H,5-6,8-9H2,1-2H3. The summed E-state index contributed by atoms with van der Waals surface area (Å²) >= 11 is 0. The van der Waals surface area contributed by atoms with Crippen LogP contribution in [0.3, 0.4) is 0 Å². The highest BCUT2D eigenvalue weighted by Gasteiger charge is 2.22. The Morgan fingerprint density at radius 2 is 2.37 bits per heavy atom. The molecule has 2 rings (SSSR count). The largest absolute Gasteiger partial charge is 0.490 e. The van der Waals surface area contributed by atoms with Crippen molar-refractivity contribution in [2.45, 2.75) is 19.0 Å². The molecule has 0 spiro atoms. The van der Waals surface area contributed by atoms with E-state index >= 15 is 0 Å². The molecular formula is C13H19N3O3. The second-order valence-corrected chi connectivity index (χ2v) is 4.77. The van der Waals surface area contributed by atoms with E-state index in [-0.39, 0.29) is 5.69 Å². The van der Waals surface area contributed by atoms with Crippen molar-refractivity contribution in [2.24, 2.45) is 0 Å². The monoisotopic (exact) mass is 265 g/mol. The summed E-state index contributed by atoms with van der Waals surface area (Å²) in [6, 6.07) is 5.68. The van der Waals surface area contributed by atoms with E-state index in [4.69, 9.17) is 4.74 Å². The molecule has 6 nitrogen and oxygen atoms in total. The zero-order valence-corrected chi connectivity index (χ0v) is 11.3. The summed E-state index contributed by atoms with van der Waals surface area (Å²) in [5.41, 5.74) is 0.980. The molecule has 1 N–H and O–H groups in total. The zero-order chi connectivity index (χ0) is 13.8. The molecule has 1 atom stereocenters. The highest BCUT2D eigenvalue weighted by molar-refractivity contribution is 5.48. The van der Waals surface area contributed by atoms with Gasteiger partial charge in [0.15, 0.2) is 5.75 Å². The Hall–Kier alpha value is -1.66. The maximum absolute atomic E-state index is 11.0. The van der Waals surface area contributed by atoms with Gasteiger partial charge < -0.3 is 10.1 Å². The first-order chi connectivity index (χ1) is 9.13. The van der Waals surface area contributed by atoms with Gasteiger partial charge in [0.2, 0.25) is 0 Å². The number of rotatable bonds is 5. The number of likely N-dealkylation sites (N-methyl/N-ethyl adjacent to an activating group) is 1. The predicted octanol–water partition coefficient (Wildman–Crippen LogP) is 1.40. The van der Waals surface area contributed by atoms with E-state index in [9.17, 15) is 10.1 Å². The lowest BCUT2D eigenvalue weighted by atomic mass is 10.2. The van der Waals surface area contributed by atoms with Crippen LogP contribution in [0, 0.1) is 10.1 Å². The first-order valence-electron chi connectivity index (χ1n) is 6.35. The van der Waals surface area contributed by atoms with Gasteiger partial charge in [-0.25, -0.2) is 0 Å². The fourth-order valence-electron chi connectivity index (χ4n) is 2.45. The van der Waals surface area contributed by atoms with Crippen molar-refractivity contribution in [3.05, 3.63) is 33.9 Å². The van der Waals surface area contributed by atoms with Crippen molar-refractivity contribution in [3.8, 4) is 5.75 Å². The Bertz CT molecular complexity index is 464. The average molecular weight is 265 g/mol. The van der Waals surface area contributed by atoms with Crippen LogP contribution in [0.1, 0.15) is 12.0 Å². The molecule has 0 amide bonds. The molecule has 104 valence electrons. The van der Waals surface area contributed by atoms with E-state index in [1.807, 2.05) is 13.1 Å². The number of ether oxygens (including phenoxy) is 1. The van der Waals surface area contributed by atoms with Gasteiger partial charge in [-0.1, -0.05) is 6.07 Å². The molecule has 1 fully saturated rings. The minimum atomic E-state index is -0.400. The van der Waals surface area contributed by atoms with Crippen molar-refractivity contribution in [1.82, 2.24) is 10.2 Å². The third-order valence-corrected chi connectivity index (χ3v) is 3.53. The van der Waals surface area contributed by atoms with Gasteiger partial charge in [0.05, 0.1) is 12.0 Å². The molecule has 1 heterocycles. The fraction of sp³-hybridized carbons (Fsp3) is 0.538. The molecule has 0 aromatic heterocycles. The van der Waals surface area contributed by atoms with Crippen molar-refractivity contribution in [2.75, 3.05) is 27.2 Å². The topological polar surface area (TPSA) is 67.6 Å². The minimum absolute atomic E-state index is 0.0318. The first-order valence-corrected chi connectivity index (χ1v) is 6.35. The zero-order valence-electron chi connectivity index (χ0n) is 11.3. The van der Waals surface area contributed by atoms with Crippen LogP contribution in [0.5, 0.6) is 5.75 Å². The highest BCUT2D eigenvalue weighted by Crippen LogP contribution is 2.28. The van der Waals surface area contributed by atoms with Crippen LogP contribution < -0.4 is 10.1 Å². The van der Waals surface area contributed by atoms with E-state index in [1.54, 1.807) is 12.1 Å². The molecule has 1 aliphatic rings. The van der Waals surface area contributed by atoms with Crippen molar-refractivity contribution < 1.29 is 9.66 Å². The van der Waals surface area contributed by atoms with Crippen LogP contribution in [-0.4, -0.2) is 43.1 Å². The molecule has 1 aliphatic heterocycles. The molecular weight excluding hydrogens is 246 g/mol. The molecule has 0 bridgehead atoms.